The van der Waals surface area contributed by atoms with E-state index in [-0.39, 0.29) is 29.5 Å². The van der Waals surface area contributed by atoms with Crippen molar-refractivity contribution in [3.63, 3.8) is 0 Å². The number of hydrogen-bond acceptors (Lipinski definition) is 9. The zero-order valence-corrected chi connectivity index (χ0v) is 24.4. The zero-order chi connectivity index (χ0) is 29.4. The summed E-state index contributed by atoms with van der Waals surface area (Å²) in [5, 5.41) is 13.2. The van der Waals surface area contributed by atoms with Crippen LogP contribution in [0.2, 0.25) is 0 Å². The van der Waals surface area contributed by atoms with Crippen LogP contribution in [-0.2, 0) is 9.59 Å². The normalized spacial score (nSPS) is 21.7. The lowest BCUT2D eigenvalue weighted by Crippen LogP contribution is -2.44. The van der Waals surface area contributed by atoms with Gasteiger partial charge in [0, 0.05) is 55.8 Å². The quantitative estimate of drug-likeness (QED) is 0.304. The first-order valence-electron chi connectivity index (χ1n) is 14.7. The van der Waals surface area contributed by atoms with Gasteiger partial charge in [0.2, 0.25) is 5.91 Å². The summed E-state index contributed by atoms with van der Waals surface area (Å²) in [7, 11) is 2.14. The van der Waals surface area contributed by atoms with Gasteiger partial charge >= 0.3 is 0 Å². The molecule has 2 aliphatic heterocycles. The fourth-order valence-corrected chi connectivity index (χ4v) is 6.24. The first-order chi connectivity index (χ1) is 20.3. The first-order valence-corrected chi connectivity index (χ1v) is 14.7. The molecule has 6 rings (SSSR count). The third-order valence-electron chi connectivity index (χ3n) is 8.72. The number of carbonyl (C=O) groups excluding carboxylic acids is 2. The fraction of sp³-hybridized carbons (Fsp3) is 0.452. The van der Waals surface area contributed by atoms with Crippen molar-refractivity contribution in [2.75, 3.05) is 39.8 Å². The molecule has 0 spiro atoms. The lowest BCUT2D eigenvalue weighted by atomic mass is 9.90. The Morgan fingerprint density at radius 3 is 2.69 bits per heavy atom. The lowest BCUT2D eigenvalue weighted by molar-refractivity contribution is -0.117. The van der Waals surface area contributed by atoms with E-state index in [1.54, 1.807) is 6.08 Å². The molecule has 1 saturated carbocycles. The van der Waals surface area contributed by atoms with Crippen molar-refractivity contribution >= 4 is 34.4 Å². The molecule has 3 aliphatic rings. The molecular formula is C31H38N8O3. The molecule has 3 aromatic rings. The molecule has 2 fully saturated rings. The van der Waals surface area contributed by atoms with Crippen LogP contribution >= 0.6 is 0 Å². The molecule has 2 aromatic heterocycles. The first kappa shape index (κ1) is 28.0. The minimum Gasteiger partial charge on any atom is -0.454 e. The summed E-state index contributed by atoms with van der Waals surface area (Å²) in [5.41, 5.74) is 13.8. The summed E-state index contributed by atoms with van der Waals surface area (Å²) in [5.74, 6) is 2.77. The third-order valence-corrected chi connectivity index (χ3v) is 8.72. The van der Waals surface area contributed by atoms with E-state index in [9.17, 15) is 9.59 Å². The second-order valence-corrected chi connectivity index (χ2v) is 11.7. The van der Waals surface area contributed by atoms with Gasteiger partial charge in [0.25, 0.3) is 0 Å². The monoisotopic (exact) mass is 570 g/mol. The summed E-state index contributed by atoms with van der Waals surface area (Å²) in [4.78, 5) is 29.1. The molecule has 1 aromatic carbocycles. The second-order valence-electron chi connectivity index (χ2n) is 11.7. The van der Waals surface area contributed by atoms with Crippen molar-refractivity contribution in [3.05, 3.63) is 52.7 Å². The number of nitrogens with zero attached hydrogens (tertiary/aromatic N) is 5. The van der Waals surface area contributed by atoms with Gasteiger partial charge in [-0.15, -0.1) is 0 Å². The van der Waals surface area contributed by atoms with Crippen LogP contribution in [0.3, 0.4) is 0 Å². The maximum atomic E-state index is 12.7. The number of hydrazone groups is 1. The number of piperazine rings is 1. The Hall–Kier alpha value is -4.18. The van der Waals surface area contributed by atoms with Crippen LogP contribution in [0, 0.1) is 13.8 Å². The van der Waals surface area contributed by atoms with Crippen LogP contribution in [0.25, 0.3) is 28.1 Å². The SMILES string of the molecule is Cc1ccc2oc(-c3c4c(nn3C3CCC(NC(=O)/C=C/CN5CCN(C)CC5)CC3)C(=C=O)NN=C4N)c(C)c2c1. The van der Waals surface area contributed by atoms with E-state index in [1.807, 2.05) is 35.8 Å². The second kappa shape index (κ2) is 11.6. The Kier molecular flexibility index (Phi) is 7.72. The van der Waals surface area contributed by atoms with Gasteiger partial charge < -0.3 is 20.4 Å². The van der Waals surface area contributed by atoms with E-state index in [4.69, 9.17) is 15.2 Å². The number of furan rings is 1. The van der Waals surface area contributed by atoms with Crippen LogP contribution in [-0.4, -0.2) is 83.1 Å². The number of amides is 1. The maximum Gasteiger partial charge on any atom is 0.243 e. The van der Waals surface area contributed by atoms with Gasteiger partial charge in [-0.05, 0) is 58.7 Å². The number of nitrogens with one attached hydrogen (secondary N) is 2. The Labute approximate surface area is 245 Å². The Balaban J connectivity index is 1.21. The molecule has 1 amide bonds. The smallest absolute Gasteiger partial charge is 0.243 e. The average Bonchev–Trinajstić information content (AvgIpc) is 3.53. The minimum atomic E-state index is -0.0492. The molecule has 220 valence electrons. The Morgan fingerprint density at radius 2 is 1.95 bits per heavy atom. The molecule has 11 heteroatoms. The maximum absolute atomic E-state index is 12.7. The number of likely N-dealkylation sites (N-methyl/N-ethyl adjacent to an activating group) is 1. The van der Waals surface area contributed by atoms with Crippen molar-refractivity contribution < 1.29 is 14.0 Å². The van der Waals surface area contributed by atoms with Gasteiger partial charge in [-0.1, -0.05) is 17.7 Å². The van der Waals surface area contributed by atoms with Crippen LogP contribution in [0.1, 0.15) is 54.1 Å². The highest BCUT2D eigenvalue weighted by molar-refractivity contribution is 6.10. The summed E-state index contributed by atoms with van der Waals surface area (Å²) < 4.78 is 8.35. The number of carbonyl (C=O) groups is 1. The molecule has 1 aliphatic carbocycles. The lowest BCUT2D eigenvalue weighted by Gasteiger charge is -2.31. The number of nitrogens with two attached hydrogens (primary N) is 1. The molecule has 4 N–H and O–H groups in total. The predicted molar refractivity (Wildman–Crippen MR) is 162 cm³/mol. The number of rotatable bonds is 6. The highest BCUT2D eigenvalue weighted by Crippen LogP contribution is 2.41. The summed E-state index contributed by atoms with van der Waals surface area (Å²) in [6, 6.07) is 6.21. The average molecular weight is 571 g/mol. The van der Waals surface area contributed by atoms with Crippen molar-refractivity contribution in [2.45, 2.75) is 51.6 Å². The molecular weight excluding hydrogens is 532 g/mol. The molecule has 0 bridgehead atoms. The largest absolute Gasteiger partial charge is 0.454 e. The topological polar surface area (TPSA) is 134 Å². The summed E-state index contributed by atoms with van der Waals surface area (Å²) >= 11 is 0. The van der Waals surface area contributed by atoms with Gasteiger partial charge in [0.1, 0.15) is 17.0 Å². The number of fused-ring (bicyclic) bond motifs is 2. The van der Waals surface area contributed by atoms with Crippen LogP contribution in [0.4, 0.5) is 0 Å². The van der Waals surface area contributed by atoms with Crippen molar-refractivity contribution in [3.8, 4) is 11.5 Å². The van der Waals surface area contributed by atoms with E-state index in [0.717, 1.165) is 80.5 Å². The fourth-order valence-electron chi connectivity index (χ4n) is 6.24. The van der Waals surface area contributed by atoms with Crippen LogP contribution in [0.15, 0.2) is 39.9 Å². The number of aromatic nitrogens is 2. The summed E-state index contributed by atoms with van der Waals surface area (Å²) in [6.45, 7) is 9.03. The molecule has 4 heterocycles. The van der Waals surface area contributed by atoms with Gasteiger partial charge in [-0.2, -0.15) is 10.2 Å². The number of benzene rings is 1. The summed E-state index contributed by atoms with van der Waals surface area (Å²) in [6.07, 6.45) is 6.84. The number of aryl methyl sites for hydroxylation is 2. The van der Waals surface area contributed by atoms with E-state index < -0.39 is 0 Å². The molecule has 0 radical (unpaired) electrons. The van der Waals surface area contributed by atoms with Crippen LogP contribution in [0.5, 0.6) is 0 Å². The number of amidine groups is 1. The molecule has 0 unspecified atom stereocenters. The molecule has 42 heavy (non-hydrogen) atoms. The Bertz CT molecular complexity index is 1610. The molecule has 1 saturated heterocycles. The highest BCUT2D eigenvalue weighted by Gasteiger charge is 2.35. The molecule has 0 atom stereocenters. The van der Waals surface area contributed by atoms with E-state index in [0.29, 0.717) is 22.7 Å². The van der Waals surface area contributed by atoms with E-state index in [2.05, 4.69) is 45.7 Å². The Morgan fingerprint density at radius 1 is 1.19 bits per heavy atom. The van der Waals surface area contributed by atoms with Crippen molar-refractivity contribution in [1.82, 2.24) is 30.3 Å². The number of hydrogen-bond donors (Lipinski definition) is 3. The zero-order valence-electron chi connectivity index (χ0n) is 24.4. The minimum absolute atomic E-state index is 0.0292. The van der Waals surface area contributed by atoms with Gasteiger partial charge in [0.15, 0.2) is 23.2 Å². The van der Waals surface area contributed by atoms with E-state index in [1.165, 1.54) is 0 Å². The van der Waals surface area contributed by atoms with Crippen molar-refractivity contribution in [2.24, 2.45) is 10.8 Å². The van der Waals surface area contributed by atoms with Crippen LogP contribution < -0.4 is 16.5 Å². The predicted octanol–water partition coefficient (Wildman–Crippen LogP) is 2.71. The van der Waals surface area contributed by atoms with E-state index >= 15 is 0 Å². The van der Waals surface area contributed by atoms with Crippen molar-refractivity contribution in [1.29, 1.82) is 0 Å². The molecule has 11 nitrogen and oxygen atoms in total. The highest BCUT2D eigenvalue weighted by atomic mass is 16.3. The third kappa shape index (κ3) is 5.38. The standard InChI is InChI=1S/C31H38N8O3/c1-19-6-11-25-23(17-19)20(2)30(42-25)29-27-28(24(18-40)34-35-31(27)32)36-39(29)22-9-7-21(8-10-22)33-26(41)5-4-12-38-15-13-37(3)14-16-38/h4-6,11,17,21-22,34H,7-10,12-16H2,1-3H3,(H2,32,35)(H,33,41)/b5-4+. The van der Waals surface area contributed by atoms with Gasteiger partial charge in [0.05, 0.1) is 11.6 Å². The van der Waals surface area contributed by atoms with Gasteiger partial charge in [-0.25, -0.2) is 4.79 Å². The van der Waals surface area contributed by atoms with Gasteiger partial charge in [-0.3, -0.25) is 19.8 Å².